The second-order valence-corrected chi connectivity index (χ2v) is 8.57. The smallest absolute Gasteiger partial charge is 0.300 e. The summed E-state index contributed by atoms with van der Waals surface area (Å²) in [5, 5.41) is 11.7. The van der Waals surface area contributed by atoms with Crippen molar-refractivity contribution in [2.24, 2.45) is 0 Å². The van der Waals surface area contributed by atoms with E-state index in [-0.39, 0.29) is 11.3 Å². The van der Waals surface area contributed by atoms with Gasteiger partial charge in [-0.3, -0.25) is 14.5 Å². The molecule has 1 fully saturated rings. The molecule has 1 saturated heterocycles. The Balaban J connectivity index is 1.88. The third-order valence-electron chi connectivity index (χ3n) is 6.25. The molecule has 1 atom stereocenters. The van der Waals surface area contributed by atoms with Crippen LogP contribution in [0.25, 0.3) is 5.76 Å². The van der Waals surface area contributed by atoms with E-state index in [9.17, 15) is 14.7 Å². The van der Waals surface area contributed by atoms with Gasteiger partial charge in [0.15, 0.2) is 0 Å². The first kappa shape index (κ1) is 24.4. The number of halogens is 1. The molecule has 0 radical (unpaired) electrons. The number of hydrogen-bond donors (Lipinski definition) is 1. The standard InChI is InChI=1S/C28H27ClN2O4/c1-4-30(5-2)21-12-8-18(9-13-21)25-24(26(32)19-6-10-20(29)11-7-19)27(33)28(34)31(25)22-14-16-23(35-3)17-15-22/h6-17,25,32H,4-5H2,1-3H3/b26-24-. The fraction of sp³-hybridized carbons (Fsp3) is 0.214. The number of rotatable bonds is 7. The lowest BCUT2D eigenvalue weighted by Crippen LogP contribution is -2.29. The van der Waals surface area contributed by atoms with Crippen LogP contribution >= 0.6 is 11.6 Å². The zero-order chi connectivity index (χ0) is 25.1. The molecule has 4 rings (SSSR count). The van der Waals surface area contributed by atoms with Gasteiger partial charge in [0, 0.05) is 35.1 Å². The number of nitrogens with zero attached hydrogens (tertiary/aromatic N) is 2. The lowest BCUT2D eigenvalue weighted by molar-refractivity contribution is -0.132. The summed E-state index contributed by atoms with van der Waals surface area (Å²) in [5.41, 5.74) is 2.72. The van der Waals surface area contributed by atoms with E-state index in [2.05, 4.69) is 18.7 Å². The molecule has 6 nitrogen and oxygen atoms in total. The van der Waals surface area contributed by atoms with Crippen LogP contribution < -0.4 is 14.5 Å². The molecule has 1 unspecified atom stereocenters. The Morgan fingerprint density at radius 3 is 2.09 bits per heavy atom. The molecule has 3 aromatic rings. The van der Waals surface area contributed by atoms with E-state index in [1.807, 2.05) is 24.3 Å². The van der Waals surface area contributed by atoms with Crippen LogP contribution in [0.5, 0.6) is 5.75 Å². The van der Waals surface area contributed by atoms with Crippen LogP contribution in [-0.4, -0.2) is 37.0 Å². The van der Waals surface area contributed by atoms with Gasteiger partial charge in [0.2, 0.25) is 0 Å². The normalized spacial score (nSPS) is 17.0. The molecule has 0 bridgehead atoms. The fourth-order valence-corrected chi connectivity index (χ4v) is 4.50. The minimum absolute atomic E-state index is 0.0312. The van der Waals surface area contributed by atoms with Crippen molar-refractivity contribution in [3.63, 3.8) is 0 Å². The third-order valence-corrected chi connectivity index (χ3v) is 6.50. The molecule has 3 aromatic carbocycles. The highest BCUT2D eigenvalue weighted by atomic mass is 35.5. The molecule has 0 aromatic heterocycles. The highest BCUT2D eigenvalue weighted by molar-refractivity contribution is 6.51. The molecule has 1 aliphatic heterocycles. The molecule has 35 heavy (non-hydrogen) atoms. The first-order valence-electron chi connectivity index (χ1n) is 11.5. The van der Waals surface area contributed by atoms with Crippen LogP contribution in [0, 0.1) is 0 Å². The molecule has 0 spiro atoms. The Bertz CT molecular complexity index is 1250. The fourth-order valence-electron chi connectivity index (χ4n) is 4.38. The minimum Gasteiger partial charge on any atom is -0.507 e. The number of hydrogen-bond acceptors (Lipinski definition) is 5. The zero-order valence-corrected chi connectivity index (χ0v) is 20.6. The number of benzene rings is 3. The van der Waals surface area contributed by atoms with Crippen LogP contribution in [-0.2, 0) is 9.59 Å². The first-order chi connectivity index (χ1) is 16.9. The summed E-state index contributed by atoms with van der Waals surface area (Å²) < 4.78 is 5.24. The highest BCUT2D eigenvalue weighted by Gasteiger charge is 2.47. The molecular weight excluding hydrogens is 464 g/mol. The van der Waals surface area contributed by atoms with Gasteiger partial charge in [-0.15, -0.1) is 0 Å². The van der Waals surface area contributed by atoms with Crippen molar-refractivity contribution in [3.05, 3.63) is 94.5 Å². The highest BCUT2D eigenvalue weighted by Crippen LogP contribution is 2.42. The van der Waals surface area contributed by atoms with E-state index >= 15 is 0 Å². The summed E-state index contributed by atoms with van der Waals surface area (Å²) in [6.45, 7) is 5.89. The first-order valence-corrected chi connectivity index (χ1v) is 11.8. The second kappa shape index (κ2) is 10.2. The summed E-state index contributed by atoms with van der Waals surface area (Å²) in [5.74, 6) is -1.06. The second-order valence-electron chi connectivity index (χ2n) is 8.14. The average molecular weight is 491 g/mol. The lowest BCUT2D eigenvalue weighted by atomic mass is 9.95. The Kier molecular flexibility index (Phi) is 7.12. The van der Waals surface area contributed by atoms with E-state index in [1.54, 1.807) is 55.6 Å². The maximum atomic E-state index is 13.3. The Hall–Kier alpha value is -3.77. The number of aliphatic hydroxyl groups is 1. The van der Waals surface area contributed by atoms with Crippen molar-refractivity contribution in [2.45, 2.75) is 19.9 Å². The summed E-state index contributed by atoms with van der Waals surface area (Å²) in [6.07, 6.45) is 0. The van der Waals surface area contributed by atoms with Crippen LogP contribution in [0.1, 0.15) is 31.0 Å². The van der Waals surface area contributed by atoms with Crippen molar-refractivity contribution in [1.29, 1.82) is 0 Å². The van der Waals surface area contributed by atoms with Crippen molar-refractivity contribution >= 4 is 40.4 Å². The zero-order valence-electron chi connectivity index (χ0n) is 19.9. The molecule has 180 valence electrons. The Morgan fingerprint density at radius 2 is 1.54 bits per heavy atom. The molecule has 0 aliphatic carbocycles. The van der Waals surface area contributed by atoms with E-state index < -0.39 is 17.7 Å². The third kappa shape index (κ3) is 4.62. The molecule has 0 saturated carbocycles. The van der Waals surface area contributed by atoms with Gasteiger partial charge in [-0.2, -0.15) is 0 Å². The summed E-state index contributed by atoms with van der Waals surface area (Å²) in [7, 11) is 1.56. The van der Waals surface area contributed by atoms with Gasteiger partial charge in [0.1, 0.15) is 11.5 Å². The largest absolute Gasteiger partial charge is 0.507 e. The summed E-state index contributed by atoms with van der Waals surface area (Å²) in [4.78, 5) is 30.2. The molecule has 1 aliphatic rings. The quantitative estimate of drug-likeness (QED) is 0.257. The van der Waals surface area contributed by atoms with Gasteiger partial charge in [-0.1, -0.05) is 23.7 Å². The molecule has 1 heterocycles. The number of methoxy groups -OCH3 is 1. The SMILES string of the molecule is CCN(CC)c1ccc(C2/C(=C(/O)c3ccc(Cl)cc3)C(=O)C(=O)N2c2ccc(OC)cc2)cc1. The number of ketones is 1. The van der Waals surface area contributed by atoms with E-state index in [1.165, 1.54) is 4.90 Å². The number of anilines is 2. The summed E-state index contributed by atoms with van der Waals surface area (Å²) in [6, 6.07) is 20.4. The van der Waals surface area contributed by atoms with E-state index in [0.717, 1.165) is 18.8 Å². The van der Waals surface area contributed by atoms with Crippen molar-refractivity contribution in [1.82, 2.24) is 0 Å². The van der Waals surface area contributed by atoms with Crippen molar-refractivity contribution in [2.75, 3.05) is 30.0 Å². The number of amides is 1. The van der Waals surface area contributed by atoms with Crippen LogP contribution in [0.4, 0.5) is 11.4 Å². The maximum absolute atomic E-state index is 13.3. The van der Waals surface area contributed by atoms with Gasteiger partial charge in [0.05, 0.1) is 18.7 Å². The Labute approximate surface area is 210 Å². The van der Waals surface area contributed by atoms with Crippen molar-refractivity contribution in [3.8, 4) is 5.75 Å². The molecule has 1 amide bonds. The van der Waals surface area contributed by atoms with Gasteiger partial charge >= 0.3 is 0 Å². The predicted octanol–water partition coefficient (Wildman–Crippen LogP) is 5.82. The number of carbonyl (C=O) groups is 2. The lowest BCUT2D eigenvalue weighted by Gasteiger charge is -2.27. The van der Waals surface area contributed by atoms with E-state index in [4.69, 9.17) is 16.3 Å². The minimum atomic E-state index is -0.801. The van der Waals surface area contributed by atoms with Gasteiger partial charge in [-0.05, 0) is 80.1 Å². The molecular formula is C28H27ClN2O4. The topological polar surface area (TPSA) is 70.1 Å². The van der Waals surface area contributed by atoms with Crippen LogP contribution in [0.2, 0.25) is 5.02 Å². The van der Waals surface area contributed by atoms with Crippen molar-refractivity contribution < 1.29 is 19.4 Å². The maximum Gasteiger partial charge on any atom is 0.300 e. The van der Waals surface area contributed by atoms with Gasteiger partial charge in [0.25, 0.3) is 11.7 Å². The van der Waals surface area contributed by atoms with Crippen LogP contribution in [0.15, 0.2) is 78.4 Å². The Morgan fingerprint density at radius 1 is 0.943 bits per heavy atom. The monoisotopic (exact) mass is 490 g/mol. The number of carbonyl (C=O) groups excluding carboxylic acids is 2. The van der Waals surface area contributed by atoms with Gasteiger partial charge in [-0.25, -0.2) is 0 Å². The average Bonchev–Trinajstić information content (AvgIpc) is 3.15. The predicted molar refractivity (Wildman–Crippen MR) is 139 cm³/mol. The number of ether oxygens (including phenoxy) is 1. The van der Waals surface area contributed by atoms with Gasteiger partial charge < -0.3 is 14.7 Å². The molecule has 7 heteroatoms. The number of aliphatic hydroxyl groups excluding tert-OH is 1. The molecule has 1 N–H and O–H groups in total. The van der Waals surface area contributed by atoms with Crippen LogP contribution in [0.3, 0.4) is 0 Å². The van der Waals surface area contributed by atoms with E-state index in [0.29, 0.717) is 27.6 Å². The number of Topliss-reactive ketones (excluding diaryl/α,β-unsaturated/α-hetero) is 1. The summed E-state index contributed by atoms with van der Waals surface area (Å²) >= 11 is 6.00.